The van der Waals surface area contributed by atoms with Gasteiger partial charge in [0.1, 0.15) is 12.3 Å². The zero-order valence-electron chi connectivity index (χ0n) is 10.8. The predicted octanol–water partition coefficient (Wildman–Crippen LogP) is 1.61. The monoisotopic (exact) mass is 250 g/mol. The predicted molar refractivity (Wildman–Crippen MR) is 68.5 cm³/mol. The molecule has 0 unspecified atom stereocenters. The fourth-order valence-electron chi connectivity index (χ4n) is 1.30. The minimum Gasteiger partial charge on any atom is -0.425 e. The number of amides is 2. The number of nitrogens with one attached hydrogen (secondary N) is 2. The molecule has 0 radical (unpaired) electrons. The van der Waals surface area contributed by atoms with Crippen LogP contribution in [0.1, 0.15) is 19.4 Å². The number of para-hydroxylation sites is 1. The molecule has 1 aromatic carbocycles. The maximum atomic E-state index is 11.5. The van der Waals surface area contributed by atoms with Crippen molar-refractivity contribution in [1.29, 1.82) is 0 Å². The van der Waals surface area contributed by atoms with Gasteiger partial charge in [0.25, 0.3) is 0 Å². The number of urea groups is 1. The lowest BCUT2D eigenvalue weighted by molar-refractivity contribution is -0.133. The van der Waals surface area contributed by atoms with E-state index < -0.39 is 5.97 Å². The van der Waals surface area contributed by atoms with Crippen LogP contribution in [0.5, 0.6) is 5.75 Å². The van der Waals surface area contributed by atoms with Crippen LogP contribution in [0.3, 0.4) is 0 Å². The Morgan fingerprint density at radius 2 is 1.94 bits per heavy atom. The number of hydrogen-bond donors (Lipinski definition) is 2. The Labute approximate surface area is 107 Å². The Kier molecular flexibility index (Phi) is 5.17. The Bertz CT molecular complexity index is 430. The molecule has 0 atom stereocenters. The van der Waals surface area contributed by atoms with Gasteiger partial charge in [0.15, 0.2) is 0 Å². The van der Waals surface area contributed by atoms with E-state index in [0.717, 1.165) is 5.56 Å². The molecule has 1 aromatic rings. The summed E-state index contributed by atoms with van der Waals surface area (Å²) in [5.41, 5.74) is 0.873. The molecule has 0 heterocycles. The van der Waals surface area contributed by atoms with E-state index in [1.807, 2.05) is 32.9 Å². The summed E-state index contributed by atoms with van der Waals surface area (Å²) < 4.78 is 5.12. The van der Waals surface area contributed by atoms with Crippen LogP contribution >= 0.6 is 0 Å². The second kappa shape index (κ2) is 6.64. The van der Waals surface area contributed by atoms with Gasteiger partial charge in [-0.2, -0.15) is 0 Å². The molecule has 5 nitrogen and oxygen atoms in total. The molecule has 0 bridgehead atoms. The molecule has 0 aliphatic heterocycles. The molecule has 0 saturated carbocycles. The van der Waals surface area contributed by atoms with Crippen LogP contribution in [0.4, 0.5) is 4.79 Å². The topological polar surface area (TPSA) is 67.4 Å². The Hall–Kier alpha value is -2.04. The fourth-order valence-corrected chi connectivity index (χ4v) is 1.30. The minimum atomic E-state index is -0.497. The van der Waals surface area contributed by atoms with E-state index in [-0.39, 0.29) is 18.6 Å². The van der Waals surface area contributed by atoms with E-state index in [2.05, 4.69) is 10.6 Å². The van der Waals surface area contributed by atoms with Gasteiger partial charge >= 0.3 is 12.0 Å². The number of esters is 1. The number of aryl methyl sites for hydroxylation is 1. The van der Waals surface area contributed by atoms with Crippen LogP contribution in [0.2, 0.25) is 0 Å². The molecule has 0 saturated heterocycles. The van der Waals surface area contributed by atoms with E-state index in [4.69, 9.17) is 4.74 Å². The standard InChI is InChI=1S/C13H18N2O3/c1-9(2)15-13(17)14-8-12(16)18-11-7-5-4-6-10(11)3/h4-7,9H,8H2,1-3H3,(H2,14,15,17). The summed E-state index contributed by atoms with van der Waals surface area (Å²) in [4.78, 5) is 22.7. The number of hydrogen-bond acceptors (Lipinski definition) is 3. The largest absolute Gasteiger partial charge is 0.425 e. The van der Waals surface area contributed by atoms with E-state index >= 15 is 0 Å². The first-order chi connectivity index (χ1) is 8.49. The van der Waals surface area contributed by atoms with Gasteiger partial charge in [0, 0.05) is 6.04 Å². The average molecular weight is 250 g/mol. The number of ether oxygens (including phenoxy) is 1. The van der Waals surface area contributed by atoms with Gasteiger partial charge in [-0.15, -0.1) is 0 Å². The lowest BCUT2D eigenvalue weighted by atomic mass is 10.2. The van der Waals surface area contributed by atoms with Crippen LogP contribution in [-0.4, -0.2) is 24.6 Å². The van der Waals surface area contributed by atoms with Crippen molar-refractivity contribution in [1.82, 2.24) is 10.6 Å². The molecule has 1 rings (SSSR count). The van der Waals surface area contributed by atoms with Crippen molar-refractivity contribution in [2.45, 2.75) is 26.8 Å². The summed E-state index contributed by atoms with van der Waals surface area (Å²) in [6.45, 7) is 5.37. The Balaban J connectivity index is 2.39. The molecule has 98 valence electrons. The molecule has 0 spiro atoms. The maximum absolute atomic E-state index is 11.5. The first-order valence-electron chi connectivity index (χ1n) is 5.79. The second-order valence-electron chi connectivity index (χ2n) is 4.22. The molecule has 0 fully saturated rings. The SMILES string of the molecule is Cc1ccccc1OC(=O)CNC(=O)NC(C)C. The van der Waals surface area contributed by atoms with Crippen molar-refractivity contribution in [3.05, 3.63) is 29.8 Å². The summed E-state index contributed by atoms with van der Waals surface area (Å²) in [6, 6.07) is 6.85. The smallest absolute Gasteiger partial charge is 0.330 e. The average Bonchev–Trinajstić information content (AvgIpc) is 2.29. The van der Waals surface area contributed by atoms with Crippen LogP contribution < -0.4 is 15.4 Å². The van der Waals surface area contributed by atoms with Gasteiger partial charge in [0.2, 0.25) is 0 Å². The molecule has 0 aliphatic rings. The highest BCUT2D eigenvalue weighted by atomic mass is 16.5. The zero-order valence-corrected chi connectivity index (χ0v) is 10.8. The van der Waals surface area contributed by atoms with Crippen molar-refractivity contribution in [3.8, 4) is 5.75 Å². The Morgan fingerprint density at radius 1 is 1.28 bits per heavy atom. The second-order valence-corrected chi connectivity index (χ2v) is 4.22. The lowest BCUT2D eigenvalue weighted by Gasteiger charge is -2.10. The van der Waals surface area contributed by atoms with E-state index in [9.17, 15) is 9.59 Å². The van der Waals surface area contributed by atoms with Crippen molar-refractivity contribution >= 4 is 12.0 Å². The summed E-state index contributed by atoms with van der Waals surface area (Å²) in [7, 11) is 0. The van der Waals surface area contributed by atoms with Gasteiger partial charge in [-0.1, -0.05) is 18.2 Å². The normalized spacial score (nSPS) is 10.0. The van der Waals surface area contributed by atoms with Crippen molar-refractivity contribution in [2.24, 2.45) is 0 Å². The number of carbonyl (C=O) groups is 2. The third kappa shape index (κ3) is 4.86. The molecule has 2 amide bonds. The summed E-state index contributed by atoms with van der Waals surface area (Å²) in [5.74, 6) is 0.0109. The number of benzene rings is 1. The molecule has 0 aromatic heterocycles. The maximum Gasteiger partial charge on any atom is 0.330 e. The van der Waals surface area contributed by atoms with E-state index in [1.54, 1.807) is 12.1 Å². The summed E-state index contributed by atoms with van der Waals surface area (Å²) in [6.07, 6.45) is 0. The number of rotatable bonds is 4. The zero-order chi connectivity index (χ0) is 13.5. The third-order valence-corrected chi connectivity index (χ3v) is 2.13. The molecule has 2 N–H and O–H groups in total. The van der Waals surface area contributed by atoms with Gasteiger partial charge in [0.05, 0.1) is 0 Å². The van der Waals surface area contributed by atoms with Crippen LogP contribution in [-0.2, 0) is 4.79 Å². The third-order valence-electron chi connectivity index (χ3n) is 2.13. The van der Waals surface area contributed by atoms with Crippen molar-refractivity contribution in [3.63, 3.8) is 0 Å². The minimum absolute atomic E-state index is 0.0254. The van der Waals surface area contributed by atoms with Crippen LogP contribution in [0.25, 0.3) is 0 Å². The van der Waals surface area contributed by atoms with Gasteiger partial charge < -0.3 is 15.4 Å². The first-order valence-corrected chi connectivity index (χ1v) is 5.79. The molecular weight excluding hydrogens is 232 g/mol. The summed E-state index contributed by atoms with van der Waals surface area (Å²) in [5, 5.41) is 5.04. The highest BCUT2D eigenvalue weighted by Gasteiger charge is 2.09. The highest BCUT2D eigenvalue weighted by molar-refractivity contribution is 5.82. The highest BCUT2D eigenvalue weighted by Crippen LogP contribution is 2.15. The Morgan fingerprint density at radius 3 is 2.56 bits per heavy atom. The van der Waals surface area contributed by atoms with Crippen molar-refractivity contribution in [2.75, 3.05) is 6.54 Å². The number of carbonyl (C=O) groups excluding carboxylic acids is 2. The molecular formula is C13H18N2O3. The van der Waals surface area contributed by atoms with Crippen LogP contribution in [0.15, 0.2) is 24.3 Å². The van der Waals surface area contributed by atoms with Gasteiger partial charge in [-0.3, -0.25) is 0 Å². The summed E-state index contributed by atoms with van der Waals surface area (Å²) >= 11 is 0. The van der Waals surface area contributed by atoms with Gasteiger partial charge in [-0.05, 0) is 32.4 Å². The first kappa shape index (κ1) is 14.0. The fraction of sp³-hybridized carbons (Fsp3) is 0.385. The molecule has 5 heteroatoms. The van der Waals surface area contributed by atoms with Gasteiger partial charge in [-0.25, -0.2) is 9.59 Å². The van der Waals surface area contributed by atoms with Crippen LogP contribution in [0, 0.1) is 6.92 Å². The van der Waals surface area contributed by atoms with Crippen molar-refractivity contribution < 1.29 is 14.3 Å². The quantitative estimate of drug-likeness (QED) is 0.630. The molecule has 0 aliphatic carbocycles. The lowest BCUT2D eigenvalue weighted by Crippen LogP contribution is -2.42. The van der Waals surface area contributed by atoms with E-state index in [1.165, 1.54) is 0 Å². The molecule has 18 heavy (non-hydrogen) atoms. The van der Waals surface area contributed by atoms with E-state index in [0.29, 0.717) is 5.75 Å².